The van der Waals surface area contributed by atoms with Crippen LogP contribution in [0.1, 0.15) is 76.6 Å². The van der Waals surface area contributed by atoms with Crippen LogP contribution in [0.3, 0.4) is 0 Å². The molecule has 0 aromatic heterocycles. The van der Waals surface area contributed by atoms with Crippen LogP contribution in [0.25, 0.3) is 16.7 Å². The zero-order chi connectivity index (χ0) is 37.2. The molecule has 2 nitrogen and oxygen atoms in total. The maximum atomic E-state index is 4.33. The SMILES string of the molecule is C=CC1=C(/C=C\CN(C2=CCCC=C2)c2ccccc2)c2cc3c(cc2C1(C)C)-c1ccc(N(c2ccccc2)c2ccccc2)cc1C3(C)C.CC. The number of rotatable bonds is 9. The average molecular weight is 693 g/mol. The summed E-state index contributed by atoms with van der Waals surface area (Å²) in [5.41, 5.74) is 16.3. The maximum absolute atomic E-state index is 4.33. The summed E-state index contributed by atoms with van der Waals surface area (Å²) in [4.78, 5) is 4.78. The van der Waals surface area contributed by atoms with Gasteiger partial charge < -0.3 is 9.80 Å². The minimum atomic E-state index is -0.172. The number of nitrogens with zero attached hydrogens (tertiary/aromatic N) is 2. The van der Waals surface area contributed by atoms with Crippen molar-refractivity contribution in [1.29, 1.82) is 0 Å². The number of allylic oxidation sites excluding steroid dienone is 7. The normalized spacial score (nSPS) is 15.9. The van der Waals surface area contributed by atoms with Crippen molar-refractivity contribution in [1.82, 2.24) is 0 Å². The van der Waals surface area contributed by atoms with E-state index < -0.39 is 0 Å². The summed E-state index contributed by atoms with van der Waals surface area (Å²) >= 11 is 0. The van der Waals surface area contributed by atoms with E-state index in [2.05, 4.69) is 202 Å². The number of hydrogen-bond acceptors (Lipinski definition) is 2. The predicted molar refractivity (Wildman–Crippen MR) is 230 cm³/mol. The van der Waals surface area contributed by atoms with Crippen molar-refractivity contribution in [3.63, 3.8) is 0 Å². The van der Waals surface area contributed by atoms with Gasteiger partial charge in [0.15, 0.2) is 0 Å². The van der Waals surface area contributed by atoms with E-state index in [-0.39, 0.29) is 10.8 Å². The van der Waals surface area contributed by atoms with Gasteiger partial charge in [0.1, 0.15) is 0 Å². The summed E-state index contributed by atoms with van der Waals surface area (Å²) in [5.74, 6) is 0. The van der Waals surface area contributed by atoms with Gasteiger partial charge in [-0.3, -0.25) is 0 Å². The highest BCUT2D eigenvalue weighted by Gasteiger charge is 2.42. The molecule has 0 spiro atoms. The van der Waals surface area contributed by atoms with E-state index in [1.807, 2.05) is 13.8 Å². The van der Waals surface area contributed by atoms with Crippen molar-refractivity contribution >= 4 is 28.3 Å². The Balaban J connectivity index is 0.00000214. The fraction of sp³-hybridized carbons (Fsp3) is 0.216. The molecule has 0 heterocycles. The number of fused-ring (bicyclic) bond motifs is 4. The van der Waals surface area contributed by atoms with Gasteiger partial charge in [-0.05, 0) is 124 Å². The summed E-state index contributed by atoms with van der Waals surface area (Å²) in [5, 5.41) is 0. The minimum absolute atomic E-state index is 0.163. The lowest BCUT2D eigenvalue weighted by molar-refractivity contribution is 0.647. The Morgan fingerprint density at radius 3 is 1.75 bits per heavy atom. The Bertz CT molecular complexity index is 2190. The first-order valence-electron chi connectivity index (χ1n) is 19.3. The van der Waals surface area contributed by atoms with Gasteiger partial charge in [0.2, 0.25) is 0 Å². The first-order chi connectivity index (χ1) is 25.8. The van der Waals surface area contributed by atoms with Gasteiger partial charge in [0.25, 0.3) is 0 Å². The molecular weight excluding hydrogens is 641 g/mol. The second kappa shape index (κ2) is 14.8. The van der Waals surface area contributed by atoms with Crippen molar-refractivity contribution in [2.75, 3.05) is 16.3 Å². The molecule has 0 saturated heterocycles. The van der Waals surface area contributed by atoms with Gasteiger partial charge in [-0.25, -0.2) is 0 Å². The molecule has 0 radical (unpaired) electrons. The molecule has 0 unspecified atom stereocenters. The van der Waals surface area contributed by atoms with Crippen molar-refractivity contribution < 1.29 is 0 Å². The lowest BCUT2D eigenvalue weighted by atomic mass is 9.78. The van der Waals surface area contributed by atoms with Crippen LogP contribution < -0.4 is 9.80 Å². The van der Waals surface area contributed by atoms with Crippen LogP contribution in [0.2, 0.25) is 0 Å². The first kappa shape index (κ1) is 35.8. The van der Waals surface area contributed by atoms with Gasteiger partial charge in [0, 0.05) is 45.8 Å². The molecule has 3 aliphatic carbocycles. The molecule has 2 heteroatoms. The molecule has 0 saturated carbocycles. The van der Waals surface area contributed by atoms with Crippen LogP contribution >= 0.6 is 0 Å². The van der Waals surface area contributed by atoms with Gasteiger partial charge in [-0.15, -0.1) is 0 Å². The van der Waals surface area contributed by atoms with E-state index in [0.717, 1.165) is 30.8 Å². The molecule has 53 heavy (non-hydrogen) atoms. The number of hydrogen-bond donors (Lipinski definition) is 0. The third kappa shape index (κ3) is 6.42. The van der Waals surface area contributed by atoms with Crippen LogP contribution in [-0.4, -0.2) is 6.54 Å². The Hall–Kier alpha value is -5.60. The van der Waals surface area contributed by atoms with Crippen LogP contribution in [0, 0.1) is 0 Å². The second-order valence-electron chi connectivity index (χ2n) is 14.9. The highest BCUT2D eigenvalue weighted by atomic mass is 15.1. The van der Waals surface area contributed by atoms with Gasteiger partial charge in [-0.1, -0.05) is 139 Å². The fourth-order valence-electron chi connectivity index (χ4n) is 8.46. The zero-order valence-electron chi connectivity index (χ0n) is 32.2. The topological polar surface area (TPSA) is 6.48 Å². The van der Waals surface area contributed by atoms with Crippen molar-refractivity contribution in [3.8, 4) is 11.1 Å². The molecule has 8 rings (SSSR count). The van der Waals surface area contributed by atoms with Crippen LogP contribution in [0.5, 0.6) is 0 Å². The summed E-state index contributed by atoms with van der Waals surface area (Å²) in [6.07, 6.45) is 15.9. The minimum Gasteiger partial charge on any atom is -0.338 e. The zero-order valence-corrected chi connectivity index (χ0v) is 32.2. The monoisotopic (exact) mass is 692 g/mol. The van der Waals surface area contributed by atoms with Crippen molar-refractivity contribution in [3.05, 3.63) is 198 Å². The highest BCUT2D eigenvalue weighted by molar-refractivity contribution is 5.93. The largest absolute Gasteiger partial charge is 0.338 e. The van der Waals surface area contributed by atoms with Crippen LogP contribution in [0.15, 0.2) is 176 Å². The van der Waals surface area contributed by atoms with E-state index in [9.17, 15) is 0 Å². The van der Waals surface area contributed by atoms with Gasteiger partial charge in [0.05, 0.1) is 0 Å². The van der Waals surface area contributed by atoms with Crippen molar-refractivity contribution in [2.45, 2.75) is 65.2 Å². The first-order valence-corrected chi connectivity index (χ1v) is 19.3. The van der Waals surface area contributed by atoms with Crippen LogP contribution in [0.4, 0.5) is 22.7 Å². The Morgan fingerprint density at radius 1 is 0.604 bits per heavy atom. The van der Waals surface area contributed by atoms with E-state index >= 15 is 0 Å². The smallest absolute Gasteiger partial charge is 0.0465 e. The number of anilines is 4. The lowest BCUT2D eigenvalue weighted by Gasteiger charge is -2.28. The van der Waals surface area contributed by atoms with Crippen molar-refractivity contribution in [2.24, 2.45) is 0 Å². The fourth-order valence-corrected chi connectivity index (χ4v) is 8.46. The maximum Gasteiger partial charge on any atom is 0.0465 e. The molecular formula is C51H52N2. The molecule has 0 bridgehead atoms. The molecule has 266 valence electrons. The second-order valence-corrected chi connectivity index (χ2v) is 14.9. The van der Waals surface area contributed by atoms with E-state index in [1.165, 1.54) is 61.6 Å². The quantitative estimate of drug-likeness (QED) is 0.152. The molecule has 0 fully saturated rings. The van der Waals surface area contributed by atoms with E-state index in [4.69, 9.17) is 0 Å². The third-order valence-corrected chi connectivity index (χ3v) is 11.1. The van der Waals surface area contributed by atoms with E-state index in [0.29, 0.717) is 0 Å². The lowest BCUT2D eigenvalue weighted by Crippen LogP contribution is -2.22. The number of benzene rings is 5. The Kier molecular flexibility index (Phi) is 9.99. The summed E-state index contributed by atoms with van der Waals surface area (Å²) in [7, 11) is 0. The number of para-hydroxylation sites is 3. The van der Waals surface area contributed by atoms with Crippen LogP contribution in [-0.2, 0) is 10.8 Å². The molecule has 0 amide bonds. The average Bonchev–Trinajstić information content (AvgIpc) is 3.55. The third-order valence-electron chi connectivity index (χ3n) is 11.1. The Labute approximate surface area is 317 Å². The molecule has 5 aromatic carbocycles. The van der Waals surface area contributed by atoms with Gasteiger partial charge in [-0.2, -0.15) is 0 Å². The molecule has 0 N–H and O–H groups in total. The van der Waals surface area contributed by atoms with Gasteiger partial charge >= 0.3 is 0 Å². The Morgan fingerprint density at radius 2 is 1.17 bits per heavy atom. The van der Waals surface area contributed by atoms with E-state index in [1.54, 1.807) is 0 Å². The predicted octanol–water partition coefficient (Wildman–Crippen LogP) is 14.0. The molecule has 5 aromatic rings. The molecule has 0 aliphatic heterocycles. The summed E-state index contributed by atoms with van der Waals surface area (Å²) < 4.78 is 0. The molecule has 3 aliphatic rings. The highest BCUT2D eigenvalue weighted by Crippen LogP contribution is 2.56. The standard InChI is InChI=1S/C49H46N2.C2H6/c1-6-44-40(28-19-31-50(35-20-11-7-12-21-35)36-22-13-8-14-23-36)42-33-47-43(34-46(42)48(44,2)3)41-30-29-39(32-45(41)49(47,4)5)51(37-24-15-9-16-25-37)38-26-17-10-18-27-38;1-2/h6-7,9-13,15-30,32-34H,1,8,14,31H2,2-5H3;1-2H3/b28-19-;. The molecule has 0 atom stereocenters. The summed E-state index contributed by atoms with van der Waals surface area (Å²) in [6.45, 7) is 18.6. The summed E-state index contributed by atoms with van der Waals surface area (Å²) in [6, 6.07) is 44.1.